The second-order valence-electron chi connectivity index (χ2n) is 5.09. The minimum atomic E-state index is -0.475. The van der Waals surface area contributed by atoms with Crippen molar-refractivity contribution >= 4 is 11.7 Å². The Morgan fingerprint density at radius 3 is 2.29 bits per heavy atom. The third-order valence-electron chi connectivity index (χ3n) is 3.22. The van der Waals surface area contributed by atoms with Gasteiger partial charge in [0.1, 0.15) is 0 Å². The largest absolute Gasteiger partial charge is 0.389 e. The molecule has 0 saturated heterocycles. The summed E-state index contributed by atoms with van der Waals surface area (Å²) < 4.78 is 0. The highest BCUT2D eigenvalue weighted by molar-refractivity contribution is 5.89. The van der Waals surface area contributed by atoms with Crippen LogP contribution in [0.5, 0.6) is 0 Å². The molecular weight excluding hydrogens is 264 g/mol. The highest BCUT2D eigenvalue weighted by Crippen LogP contribution is 2.12. The number of nitrogens with one attached hydrogen (secondary N) is 2. The Morgan fingerprint density at radius 2 is 1.71 bits per heavy atom. The monoisotopic (exact) mass is 284 g/mol. The fourth-order valence-electron chi connectivity index (χ4n) is 1.91. The Labute approximate surface area is 124 Å². The van der Waals surface area contributed by atoms with Crippen molar-refractivity contribution in [1.82, 2.24) is 5.32 Å². The van der Waals surface area contributed by atoms with Crippen molar-refractivity contribution in [3.63, 3.8) is 0 Å². The lowest BCUT2D eigenvalue weighted by Gasteiger charge is -2.09. The predicted octanol–water partition coefficient (Wildman–Crippen LogP) is 3.37. The van der Waals surface area contributed by atoms with Gasteiger partial charge in [0.25, 0.3) is 0 Å². The molecule has 2 amide bonds. The van der Waals surface area contributed by atoms with Gasteiger partial charge in [-0.15, -0.1) is 0 Å². The highest BCUT2D eigenvalue weighted by atomic mass is 16.3. The number of amides is 2. The number of aliphatic hydroxyl groups excluding tert-OH is 1. The second kappa shape index (κ2) is 6.90. The molecule has 0 bridgehead atoms. The maximum atomic E-state index is 11.8. The number of hydrogen-bond donors (Lipinski definition) is 3. The van der Waals surface area contributed by atoms with Crippen LogP contribution in [0.2, 0.25) is 0 Å². The summed E-state index contributed by atoms with van der Waals surface area (Å²) in [6, 6.07) is 14.9. The lowest BCUT2D eigenvalue weighted by molar-refractivity contribution is 0.199. The standard InChI is InChI=1S/C17H20N2O2/c1-12-3-9-16(10-4-12)19-17(21)18-11-14-5-7-15(8-6-14)13(2)20/h3-10,13,20H,11H2,1-2H3,(H2,18,19,21)/t13-/m1/s1. The van der Waals surface area contributed by atoms with Gasteiger partial charge in [-0.25, -0.2) is 4.79 Å². The number of aryl methyl sites for hydroxylation is 1. The van der Waals surface area contributed by atoms with Gasteiger partial charge in [0, 0.05) is 12.2 Å². The summed E-state index contributed by atoms with van der Waals surface area (Å²) in [5, 5.41) is 15.0. The van der Waals surface area contributed by atoms with E-state index in [2.05, 4.69) is 10.6 Å². The smallest absolute Gasteiger partial charge is 0.319 e. The van der Waals surface area contributed by atoms with Crippen molar-refractivity contribution in [1.29, 1.82) is 0 Å². The fraction of sp³-hybridized carbons (Fsp3) is 0.235. The predicted molar refractivity (Wildman–Crippen MR) is 84.1 cm³/mol. The summed E-state index contributed by atoms with van der Waals surface area (Å²) >= 11 is 0. The summed E-state index contributed by atoms with van der Waals surface area (Å²) in [5.74, 6) is 0. The van der Waals surface area contributed by atoms with E-state index in [0.29, 0.717) is 6.54 Å². The topological polar surface area (TPSA) is 61.4 Å². The Morgan fingerprint density at radius 1 is 1.10 bits per heavy atom. The zero-order valence-electron chi connectivity index (χ0n) is 12.3. The van der Waals surface area contributed by atoms with Crippen molar-refractivity contribution in [2.75, 3.05) is 5.32 Å². The molecule has 0 spiro atoms. The molecule has 21 heavy (non-hydrogen) atoms. The number of carbonyl (C=O) groups excluding carboxylic acids is 1. The zero-order chi connectivity index (χ0) is 15.2. The molecule has 0 unspecified atom stereocenters. The molecule has 0 radical (unpaired) electrons. The van der Waals surface area contributed by atoms with Crippen LogP contribution in [0.1, 0.15) is 29.7 Å². The van der Waals surface area contributed by atoms with Crippen molar-refractivity contribution < 1.29 is 9.90 Å². The van der Waals surface area contributed by atoms with Gasteiger partial charge in [0.05, 0.1) is 6.10 Å². The third-order valence-corrected chi connectivity index (χ3v) is 3.22. The Bertz CT molecular complexity index is 589. The summed E-state index contributed by atoms with van der Waals surface area (Å²) in [6.07, 6.45) is -0.475. The summed E-state index contributed by atoms with van der Waals surface area (Å²) in [6.45, 7) is 4.17. The number of aliphatic hydroxyl groups is 1. The van der Waals surface area contributed by atoms with E-state index >= 15 is 0 Å². The lowest BCUT2D eigenvalue weighted by atomic mass is 10.1. The van der Waals surface area contributed by atoms with E-state index in [1.54, 1.807) is 6.92 Å². The first-order valence-electron chi connectivity index (χ1n) is 6.93. The maximum Gasteiger partial charge on any atom is 0.319 e. The molecule has 0 heterocycles. The Balaban J connectivity index is 1.84. The van der Waals surface area contributed by atoms with Gasteiger partial charge in [-0.3, -0.25) is 0 Å². The second-order valence-corrected chi connectivity index (χ2v) is 5.09. The van der Waals surface area contributed by atoms with Gasteiger partial charge in [-0.05, 0) is 37.1 Å². The molecule has 0 aliphatic rings. The van der Waals surface area contributed by atoms with Crippen LogP contribution in [-0.2, 0) is 6.54 Å². The van der Waals surface area contributed by atoms with Crippen molar-refractivity contribution in [3.05, 3.63) is 65.2 Å². The molecular formula is C17H20N2O2. The number of hydrogen-bond acceptors (Lipinski definition) is 2. The van der Waals surface area contributed by atoms with E-state index in [0.717, 1.165) is 22.4 Å². The number of urea groups is 1. The molecule has 110 valence electrons. The Kier molecular flexibility index (Phi) is 4.95. The first-order valence-corrected chi connectivity index (χ1v) is 6.93. The molecule has 0 fully saturated rings. The van der Waals surface area contributed by atoms with E-state index in [-0.39, 0.29) is 6.03 Å². The number of carbonyl (C=O) groups is 1. The van der Waals surface area contributed by atoms with E-state index < -0.39 is 6.10 Å². The molecule has 2 rings (SSSR count). The van der Waals surface area contributed by atoms with Crippen molar-refractivity contribution in [2.24, 2.45) is 0 Å². The van der Waals surface area contributed by atoms with Crippen molar-refractivity contribution in [2.45, 2.75) is 26.5 Å². The number of benzene rings is 2. The molecule has 3 N–H and O–H groups in total. The van der Waals surface area contributed by atoms with Crippen LogP contribution in [0.4, 0.5) is 10.5 Å². The molecule has 0 aliphatic carbocycles. The summed E-state index contributed by atoms with van der Waals surface area (Å²) in [5.41, 5.74) is 3.77. The molecule has 0 aromatic heterocycles. The van der Waals surface area contributed by atoms with E-state index in [1.807, 2.05) is 55.5 Å². The van der Waals surface area contributed by atoms with Crippen molar-refractivity contribution in [3.8, 4) is 0 Å². The van der Waals surface area contributed by atoms with Crippen LogP contribution in [0.15, 0.2) is 48.5 Å². The van der Waals surface area contributed by atoms with Crippen LogP contribution >= 0.6 is 0 Å². The number of rotatable bonds is 4. The Hall–Kier alpha value is -2.33. The fourth-order valence-corrected chi connectivity index (χ4v) is 1.91. The molecule has 4 heteroatoms. The highest BCUT2D eigenvalue weighted by Gasteiger charge is 2.03. The van der Waals surface area contributed by atoms with E-state index in [9.17, 15) is 9.90 Å². The van der Waals surface area contributed by atoms with Crippen LogP contribution in [0.3, 0.4) is 0 Å². The average Bonchev–Trinajstić information content (AvgIpc) is 2.48. The first-order chi connectivity index (χ1) is 10.0. The molecule has 4 nitrogen and oxygen atoms in total. The average molecular weight is 284 g/mol. The van der Waals surface area contributed by atoms with Gasteiger partial charge in [0.15, 0.2) is 0 Å². The van der Waals surface area contributed by atoms with Crippen LogP contribution < -0.4 is 10.6 Å². The molecule has 2 aromatic rings. The molecule has 2 aromatic carbocycles. The van der Waals surface area contributed by atoms with Gasteiger partial charge in [-0.2, -0.15) is 0 Å². The third kappa shape index (κ3) is 4.61. The molecule has 1 atom stereocenters. The minimum Gasteiger partial charge on any atom is -0.389 e. The van der Waals surface area contributed by atoms with Crippen LogP contribution in [0.25, 0.3) is 0 Å². The summed E-state index contributed by atoms with van der Waals surface area (Å²) in [7, 11) is 0. The van der Waals surface area contributed by atoms with Gasteiger partial charge < -0.3 is 15.7 Å². The quantitative estimate of drug-likeness (QED) is 0.806. The van der Waals surface area contributed by atoms with Gasteiger partial charge >= 0.3 is 6.03 Å². The normalized spacial score (nSPS) is 11.8. The van der Waals surface area contributed by atoms with Crippen LogP contribution in [0, 0.1) is 6.92 Å². The number of anilines is 1. The van der Waals surface area contributed by atoms with Gasteiger partial charge in [0.2, 0.25) is 0 Å². The minimum absolute atomic E-state index is 0.238. The first kappa shape index (κ1) is 15.1. The van der Waals surface area contributed by atoms with E-state index in [4.69, 9.17) is 0 Å². The molecule has 0 aliphatic heterocycles. The molecule has 0 saturated carbocycles. The van der Waals surface area contributed by atoms with Crippen LogP contribution in [-0.4, -0.2) is 11.1 Å². The maximum absolute atomic E-state index is 11.8. The SMILES string of the molecule is Cc1ccc(NC(=O)NCc2ccc([C@@H](C)O)cc2)cc1. The summed E-state index contributed by atoms with van der Waals surface area (Å²) in [4.78, 5) is 11.8. The zero-order valence-corrected chi connectivity index (χ0v) is 12.3. The van der Waals surface area contributed by atoms with E-state index in [1.165, 1.54) is 0 Å². The van der Waals surface area contributed by atoms with Gasteiger partial charge in [-0.1, -0.05) is 42.0 Å². The lowest BCUT2D eigenvalue weighted by Crippen LogP contribution is -2.28.